The Morgan fingerprint density at radius 3 is 2.42 bits per heavy atom. The van der Waals surface area contributed by atoms with Gasteiger partial charge in [-0.15, -0.1) is 0 Å². The molecule has 2 aromatic carbocycles. The van der Waals surface area contributed by atoms with E-state index in [0.717, 1.165) is 18.5 Å². The fourth-order valence-electron chi connectivity index (χ4n) is 2.15. The standard InChI is InChI=1S/C17H20FN/c1-3-11-19-17(14-7-5-4-6-8-14)15-10-9-13(2)16(18)12-15/h4-10,12,17,19H,3,11H2,1-2H3. The van der Waals surface area contributed by atoms with Crippen molar-refractivity contribution in [2.45, 2.75) is 26.3 Å². The third-order valence-corrected chi connectivity index (χ3v) is 3.26. The lowest BCUT2D eigenvalue weighted by Crippen LogP contribution is -2.23. The minimum absolute atomic E-state index is 0.0521. The third kappa shape index (κ3) is 3.42. The van der Waals surface area contributed by atoms with Crippen molar-refractivity contribution in [3.63, 3.8) is 0 Å². The Hall–Kier alpha value is -1.67. The molecule has 0 amide bonds. The highest BCUT2D eigenvalue weighted by atomic mass is 19.1. The van der Waals surface area contributed by atoms with Crippen LogP contribution >= 0.6 is 0 Å². The van der Waals surface area contributed by atoms with E-state index in [4.69, 9.17) is 0 Å². The molecule has 2 aromatic rings. The monoisotopic (exact) mass is 257 g/mol. The summed E-state index contributed by atoms with van der Waals surface area (Å²) in [6.45, 7) is 4.83. The highest BCUT2D eigenvalue weighted by Gasteiger charge is 2.14. The number of hydrogen-bond acceptors (Lipinski definition) is 1. The minimum atomic E-state index is -0.142. The van der Waals surface area contributed by atoms with Gasteiger partial charge < -0.3 is 5.32 Å². The van der Waals surface area contributed by atoms with E-state index < -0.39 is 0 Å². The first-order valence-electron chi connectivity index (χ1n) is 6.76. The van der Waals surface area contributed by atoms with Crippen molar-refractivity contribution < 1.29 is 4.39 Å². The molecule has 0 aliphatic heterocycles. The van der Waals surface area contributed by atoms with Crippen LogP contribution in [0.15, 0.2) is 48.5 Å². The van der Waals surface area contributed by atoms with Gasteiger partial charge in [0.2, 0.25) is 0 Å². The molecule has 0 fully saturated rings. The van der Waals surface area contributed by atoms with Crippen LogP contribution in [0.5, 0.6) is 0 Å². The van der Waals surface area contributed by atoms with Gasteiger partial charge in [0, 0.05) is 0 Å². The van der Waals surface area contributed by atoms with Crippen LogP contribution in [-0.4, -0.2) is 6.54 Å². The maximum atomic E-state index is 13.7. The van der Waals surface area contributed by atoms with Crippen molar-refractivity contribution in [3.05, 3.63) is 71.0 Å². The number of nitrogens with one attached hydrogen (secondary N) is 1. The first-order valence-corrected chi connectivity index (χ1v) is 6.76. The van der Waals surface area contributed by atoms with Gasteiger partial charge in [-0.25, -0.2) is 4.39 Å². The number of hydrogen-bond donors (Lipinski definition) is 1. The lowest BCUT2D eigenvalue weighted by Gasteiger charge is -2.20. The topological polar surface area (TPSA) is 12.0 Å². The highest BCUT2D eigenvalue weighted by molar-refractivity contribution is 5.34. The predicted molar refractivity (Wildman–Crippen MR) is 77.7 cm³/mol. The van der Waals surface area contributed by atoms with Crippen molar-refractivity contribution in [2.24, 2.45) is 0 Å². The second-order valence-corrected chi connectivity index (χ2v) is 4.81. The van der Waals surface area contributed by atoms with Crippen molar-refractivity contribution in [1.82, 2.24) is 5.32 Å². The molecule has 1 N–H and O–H groups in total. The van der Waals surface area contributed by atoms with Gasteiger partial charge in [0.1, 0.15) is 5.82 Å². The van der Waals surface area contributed by atoms with Crippen molar-refractivity contribution in [2.75, 3.05) is 6.54 Å². The molecule has 0 aliphatic rings. The van der Waals surface area contributed by atoms with Crippen molar-refractivity contribution in [1.29, 1.82) is 0 Å². The quantitative estimate of drug-likeness (QED) is 0.845. The molecular weight excluding hydrogens is 237 g/mol. The van der Waals surface area contributed by atoms with E-state index in [1.807, 2.05) is 30.3 Å². The van der Waals surface area contributed by atoms with Crippen molar-refractivity contribution >= 4 is 0 Å². The molecule has 2 heteroatoms. The van der Waals surface area contributed by atoms with Crippen LogP contribution in [0.4, 0.5) is 4.39 Å². The summed E-state index contributed by atoms with van der Waals surface area (Å²) < 4.78 is 13.7. The summed E-state index contributed by atoms with van der Waals surface area (Å²) in [7, 11) is 0. The van der Waals surface area contributed by atoms with E-state index in [2.05, 4.69) is 24.4 Å². The number of benzene rings is 2. The predicted octanol–water partition coefficient (Wildman–Crippen LogP) is 4.22. The van der Waals surface area contributed by atoms with E-state index in [0.29, 0.717) is 5.56 Å². The summed E-state index contributed by atoms with van der Waals surface area (Å²) >= 11 is 0. The molecule has 0 aliphatic carbocycles. The average Bonchev–Trinajstić information content (AvgIpc) is 2.44. The van der Waals surface area contributed by atoms with Crippen LogP contribution in [0.25, 0.3) is 0 Å². The zero-order valence-electron chi connectivity index (χ0n) is 11.5. The molecule has 1 nitrogen and oxygen atoms in total. The summed E-state index contributed by atoms with van der Waals surface area (Å²) in [5, 5.41) is 3.48. The lowest BCUT2D eigenvalue weighted by molar-refractivity contribution is 0.582. The first kappa shape index (κ1) is 13.8. The number of aryl methyl sites for hydroxylation is 1. The smallest absolute Gasteiger partial charge is 0.126 e. The van der Waals surface area contributed by atoms with Crippen LogP contribution in [0.1, 0.15) is 36.1 Å². The third-order valence-electron chi connectivity index (χ3n) is 3.26. The SMILES string of the molecule is CCCNC(c1ccccc1)c1ccc(C)c(F)c1. The molecule has 0 saturated heterocycles. The van der Waals surface area contributed by atoms with Crippen LogP contribution < -0.4 is 5.32 Å². The molecule has 19 heavy (non-hydrogen) atoms. The van der Waals surface area contributed by atoms with E-state index in [1.54, 1.807) is 13.0 Å². The zero-order chi connectivity index (χ0) is 13.7. The Balaban J connectivity index is 2.34. The molecular formula is C17H20FN. The molecule has 100 valence electrons. The zero-order valence-corrected chi connectivity index (χ0v) is 11.5. The molecule has 0 saturated carbocycles. The minimum Gasteiger partial charge on any atom is -0.306 e. The fourth-order valence-corrected chi connectivity index (χ4v) is 2.15. The summed E-state index contributed by atoms with van der Waals surface area (Å²) in [4.78, 5) is 0. The second-order valence-electron chi connectivity index (χ2n) is 4.81. The Morgan fingerprint density at radius 2 is 1.79 bits per heavy atom. The fraction of sp³-hybridized carbons (Fsp3) is 0.294. The van der Waals surface area contributed by atoms with Crippen LogP contribution in [-0.2, 0) is 0 Å². The molecule has 0 aromatic heterocycles. The summed E-state index contributed by atoms with van der Waals surface area (Å²) in [6.07, 6.45) is 1.05. The van der Waals surface area contributed by atoms with Gasteiger partial charge in [0.05, 0.1) is 6.04 Å². The molecule has 0 spiro atoms. The van der Waals surface area contributed by atoms with E-state index in [-0.39, 0.29) is 11.9 Å². The van der Waals surface area contributed by atoms with Crippen LogP contribution in [0, 0.1) is 12.7 Å². The van der Waals surface area contributed by atoms with Crippen LogP contribution in [0.3, 0.4) is 0 Å². The molecule has 1 unspecified atom stereocenters. The number of halogens is 1. The maximum absolute atomic E-state index is 13.7. The van der Waals surface area contributed by atoms with E-state index >= 15 is 0 Å². The van der Waals surface area contributed by atoms with Gasteiger partial charge >= 0.3 is 0 Å². The van der Waals surface area contributed by atoms with Crippen molar-refractivity contribution in [3.8, 4) is 0 Å². The number of rotatable bonds is 5. The van der Waals surface area contributed by atoms with Gasteiger partial charge in [0.15, 0.2) is 0 Å². The Labute approximate surface area is 114 Å². The van der Waals surface area contributed by atoms with Gasteiger partial charge in [-0.05, 0) is 42.6 Å². The van der Waals surface area contributed by atoms with E-state index in [1.165, 1.54) is 5.56 Å². The van der Waals surface area contributed by atoms with Gasteiger partial charge in [-0.1, -0.05) is 49.4 Å². The first-order chi connectivity index (χ1) is 9.22. The largest absolute Gasteiger partial charge is 0.306 e. The van der Waals surface area contributed by atoms with Crippen LogP contribution in [0.2, 0.25) is 0 Å². The molecule has 0 radical (unpaired) electrons. The van der Waals surface area contributed by atoms with Gasteiger partial charge in [-0.3, -0.25) is 0 Å². The lowest BCUT2D eigenvalue weighted by atomic mass is 9.97. The Bertz CT molecular complexity index is 522. The average molecular weight is 257 g/mol. The second kappa shape index (κ2) is 6.48. The Kier molecular flexibility index (Phi) is 4.69. The maximum Gasteiger partial charge on any atom is 0.126 e. The summed E-state index contributed by atoms with van der Waals surface area (Å²) in [5.41, 5.74) is 2.83. The van der Waals surface area contributed by atoms with Gasteiger partial charge in [0.25, 0.3) is 0 Å². The summed E-state index contributed by atoms with van der Waals surface area (Å²) in [5.74, 6) is -0.142. The van der Waals surface area contributed by atoms with E-state index in [9.17, 15) is 4.39 Å². The van der Waals surface area contributed by atoms with Gasteiger partial charge in [-0.2, -0.15) is 0 Å². The molecule has 0 bridgehead atoms. The highest BCUT2D eigenvalue weighted by Crippen LogP contribution is 2.23. The molecule has 0 heterocycles. The molecule has 1 atom stereocenters. The molecule has 2 rings (SSSR count). The normalized spacial score (nSPS) is 12.4. The summed E-state index contributed by atoms with van der Waals surface area (Å²) in [6, 6.07) is 15.7. The Morgan fingerprint density at radius 1 is 1.05 bits per heavy atom.